The summed E-state index contributed by atoms with van der Waals surface area (Å²) in [7, 11) is 0. The number of pyridine rings is 1. The zero-order chi connectivity index (χ0) is 28.5. The molecule has 0 radical (unpaired) electrons. The Kier molecular flexibility index (Phi) is 11.3. The van der Waals surface area contributed by atoms with E-state index in [0.717, 1.165) is 51.3 Å². The number of rotatable bonds is 4. The summed E-state index contributed by atoms with van der Waals surface area (Å²) in [6, 6.07) is 4.12. The number of carboxylic acids is 2. The van der Waals surface area contributed by atoms with Crippen molar-refractivity contribution >= 4 is 17.8 Å². The fraction of sp³-hybridized carbons (Fsp3) is 0.636. The van der Waals surface area contributed by atoms with Gasteiger partial charge in [0.05, 0.1) is 12.1 Å². The quantitative estimate of drug-likeness (QED) is 0.534. The molecule has 3 aliphatic heterocycles. The Morgan fingerprint density at radius 1 is 0.974 bits per heavy atom. The van der Waals surface area contributed by atoms with Crippen LogP contribution in [0.15, 0.2) is 24.5 Å². The van der Waals surface area contributed by atoms with Crippen molar-refractivity contribution < 1.29 is 60.4 Å². The first kappa shape index (κ1) is 31.2. The summed E-state index contributed by atoms with van der Waals surface area (Å²) in [4.78, 5) is 38.7. The van der Waals surface area contributed by atoms with Gasteiger partial charge in [0, 0.05) is 51.8 Å². The van der Waals surface area contributed by atoms with Gasteiger partial charge in [-0.2, -0.15) is 26.3 Å². The van der Waals surface area contributed by atoms with E-state index < -0.39 is 24.3 Å². The number of nitrogens with zero attached hydrogens (tertiary/aromatic N) is 3. The van der Waals surface area contributed by atoms with Crippen molar-refractivity contribution in [1.29, 1.82) is 0 Å². The van der Waals surface area contributed by atoms with Crippen LogP contribution in [0, 0.1) is 5.92 Å². The van der Waals surface area contributed by atoms with Crippen LogP contribution in [0.1, 0.15) is 18.4 Å². The van der Waals surface area contributed by atoms with Crippen LogP contribution >= 0.6 is 0 Å². The van der Waals surface area contributed by atoms with Crippen LogP contribution < -0.4 is 0 Å². The van der Waals surface area contributed by atoms with Crippen molar-refractivity contribution in [3.8, 4) is 0 Å². The molecule has 1 aromatic rings. The number of alkyl halides is 6. The van der Waals surface area contributed by atoms with Crippen LogP contribution in [0.3, 0.4) is 0 Å². The van der Waals surface area contributed by atoms with E-state index in [1.165, 1.54) is 0 Å². The third-order valence-electron chi connectivity index (χ3n) is 5.90. The molecule has 16 heteroatoms. The minimum atomic E-state index is -5.08. The van der Waals surface area contributed by atoms with Gasteiger partial charge in [-0.25, -0.2) is 9.59 Å². The lowest BCUT2D eigenvalue weighted by Crippen LogP contribution is -2.53. The average Bonchev–Trinajstić information content (AvgIpc) is 3.24. The third-order valence-corrected chi connectivity index (χ3v) is 5.90. The lowest BCUT2D eigenvalue weighted by molar-refractivity contribution is -0.193. The van der Waals surface area contributed by atoms with Gasteiger partial charge in [0.1, 0.15) is 6.61 Å². The van der Waals surface area contributed by atoms with Gasteiger partial charge in [0.15, 0.2) is 0 Å². The zero-order valence-electron chi connectivity index (χ0n) is 20.0. The highest BCUT2D eigenvalue weighted by Gasteiger charge is 2.43. The Labute approximate surface area is 213 Å². The molecule has 1 amide bonds. The summed E-state index contributed by atoms with van der Waals surface area (Å²) < 4.78 is 74.8. The molecule has 0 bridgehead atoms. The van der Waals surface area contributed by atoms with Gasteiger partial charge in [0.2, 0.25) is 5.91 Å². The number of morpholine rings is 1. The lowest BCUT2D eigenvalue weighted by atomic mass is 10.00. The van der Waals surface area contributed by atoms with Gasteiger partial charge in [0.25, 0.3) is 0 Å². The summed E-state index contributed by atoms with van der Waals surface area (Å²) in [5.41, 5.74) is 1.13. The van der Waals surface area contributed by atoms with Gasteiger partial charge in [-0.15, -0.1) is 0 Å². The number of likely N-dealkylation sites (tertiary alicyclic amines) is 1. The molecule has 4 rings (SSSR count). The Balaban J connectivity index is 0.000000301. The highest BCUT2D eigenvalue weighted by molar-refractivity contribution is 5.78. The molecule has 3 saturated heterocycles. The number of carbonyl (C=O) groups excluding carboxylic acids is 1. The number of aromatic nitrogens is 1. The van der Waals surface area contributed by atoms with Crippen LogP contribution in [0.2, 0.25) is 0 Å². The second-order valence-corrected chi connectivity index (χ2v) is 8.67. The summed E-state index contributed by atoms with van der Waals surface area (Å²) in [6.07, 6.45) is -4.17. The maximum atomic E-state index is 12.4. The highest BCUT2D eigenvalue weighted by Crippen LogP contribution is 2.27. The van der Waals surface area contributed by atoms with E-state index in [4.69, 9.17) is 29.3 Å². The lowest BCUT2D eigenvalue weighted by Gasteiger charge is -2.36. The molecular weight excluding hydrogens is 532 g/mol. The molecule has 1 aromatic heterocycles. The van der Waals surface area contributed by atoms with Crippen LogP contribution in [-0.2, 0) is 30.4 Å². The summed E-state index contributed by atoms with van der Waals surface area (Å²) >= 11 is 0. The zero-order valence-corrected chi connectivity index (χ0v) is 20.0. The molecule has 0 aromatic carbocycles. The predicted octanol–water partition coefficient (Wildman–Crippen LogP) is 2.19. The van der Waals surface area contributed by atoms with Crippen molar-refractivity contribution in [2.75, 3.05) is 39.5 Å². The minimum Gasteiger partial charge on any atom is -0.475 e. The van der Waals surface area contributed by atoms with Crippen LogP contribution in [0.4, 0.5) is 26.3 Å². The van der Waals surface area contributed by atoms with Gasteiger partial charge in [-0.1, -0.05) is 0 Å². The fourth-order valence-electron chi connectivity index (χ4n) is 4.08. The summed E-state index contributed by atoms with van der Waals surface area (Å²) in [5.74, 6) is -4.70. The second-order valence-electron chi connectivity index (χ2n) is 8.67. The number of aliphatic carboxylic acids is 2. The van der Waals surface area contributed by atoms with Crippen molar-refractivity contribution in [3.63, 3.8) is 0 Å². The van der Waals surface area contributed by atoms with Gasteiger partial charge < -0.3 is 24.6 Å². The Hall–Kier alpha value is -2.98. The molecule has 10 nitrogen and oxygen atoms in total. The largest absolute Gasteiger partial charge is 0.490 e. The van der Waals surface area contributed by atoms with E-state index in [9.17, 15) is 31.1 Å². The van der Waals surface area contributed by atoms with Crippen molar-refractivity contribution in [1.82, 2.24) is 14.8 Å². The van der Waals surface area contributed by atoms with E-state index >= 15 is 0 Å². The molecule has 3 fully saturated rings. The summed E-state index contributed by atoms with van der Waals surface area (Å²) in [5, 5.41) is 14.2. The summed E-state index contributed by atoms with van der Waals surface area (Å²) in [6.45, 7) is 5.56. The molecule has 0 spiro atoms. The Morgan fingerprint density at radius 2 is 1.50 bits per heavy atom. The van der Waals surface area contributed by atoms with Gasteiger partial charge in [-0.3, -0.25) is 14.7 Å². The van der Waals surface area contributed by atoms with Crippen molar-refractivity contribution in [2.45, 2.75) is 43.9 Å². The topological polar surface area (TPSA) is 130 Å². The van der Waals surface area contributed by atoms with E-state index in [-0.39, 0.29) is 24.7 Å². The first-order valence-corrected chi connectivity index (χ1v) is 11.4. The predicted molar refractivity (Wildman–Crippen MR) is 116 cm³/mol. The molecule has 3 aliphatic rings. The number of carboxylic acid groups (broad SMARTS) is 2. The monoisotopic (exact) mass is 559 g/mol. The SMILES string of the molecule is O=C(O)C(F)(F)F.O=C(O)C(F)(F)F.O=C1CO[C@@H]2CN(CC3CCOCC3)C[C@H]2N1Cc1ccncc1. The van der Waals surface area contributed by atoms with Crippen molar-refractivity contribution in [2.24, 2.45) is 5.92 Å². The number of fused-ring (bicyclic) bond motifs is 1. The van der Waals surface area contributed by atoms with E-state index in [0.29, 0.717) is 12.5 Å². The van der Waals surface area contributed by atoms with Gasteiger partial charge in [-0.05, 0) is 36.5 Å². The molecule has 2 atom stereocenters. The number of halogens is 6. The average molecular weight is 559 g/mol. The Morgan fingerprint density at radius 3 is 2.00 bits per heavy atom. The van der Waals surface area contributed by atoms with Crippen LogP contribution in [0.5, 0.6) is 0 Å². The standard InChI is InChI=1S/C18H25N3O3.2C2HF3O2/c22-18-13-24-17-12-20(9-15-3-7-23-8-4-15)11-16(17)21(18)10-14-1-5-19-6-2-14;2*3-2(4,5)1(6)7/h1-2,5-6,15-17H,3-4,7-13H2;2*(H,6,7)/t16-,17-;;/m1../s1. The Bertz CT molecular complexity index is 902. The van der Waals surface area contributed by atoms with E-state index in [1.54, 1.807) is 12.4 Å². The molecule has 38 heavy (non-hydrogen) atoms. The van der Waals surface area contributed by atoms with E-state index in [1.807, 2.05) is 17.0 Å². The first-order chi connectivity index (χ1) is 17.7. The van der Waals surface area contributed by atoms with E-state index in [2.05, 4.69) is 9.88 Å². The molecule has 0 aliphatic carbocycles. The number of ether oxygens (including phenoxy) is 2. The van der Waals surface area contributed by atoms with Gasteiger partial charge >= 0.3 is 24.3 Å². The molecular formula is C22H27F6N3O7. The highest BCUT2D eigenvalue weighted by atomic mass is 19.4. The van der Waals surface area contributed by atoms with Crippen LogP contribution in [-0.4, -0.2) is 107 Å². The molecule has 4 heterocycles. The molecule has 214 valence electrons. The van der Waals surface area contributed by atoms with Crippen LogP contribution in [0.25, 0.3) is 0 Å². The normalized spacial score (nSPS) is 22.5. The number of carbonyl (C=O) groups is 3. The first-order valence-electron chi connectivity index (χ1n) is 11.4. The third kappa shape index (κ3) is 10.1. The number of hydrogen-bond acceptors (Lipinski definition) is 7. The minimum absolute atomic E-state index is 0.0981. The maximum absolute atomic E-state index is 12.4. The fourth-order valence-corrected chi connectivity index (χ4v) is 4.08. The second kappa shape index (κ2) is 13.7. The molecule has 0 saturated carbocycles. The van der Waals surface area contributed by atoms with Crippen molar-refractivity contribution in [3.05, 3.63) is 30.1 Å². The molecule has 2 N–H and O–H groups in total. The number of amides is 1. The number of hydrogen-bond donors (Lipinski definition) is 2. The smallest absolute Gasteiger partial charge is 0.475 e. The molecule has 0 unspecified atom stereocenters. The maximum Gasteiger partial charge on any atom is 0.490 e.